The summed E-state index contributed by atoms with van der Waals surface area (Å²) in [5.41, 5.74) is 2.53. The zero-order chi connectivity index (χ0) is 17.5. The summed E-state index contributed by atoms with van der Waals surface area (Å²) in [7, 11) is 0. The van der Waals surface area contributed by atoms with E-state index in [0.717, 1.165) is 31.6 Å². The molecule has 2 N–H and O–H groups in total. The summed E-state index contributed by atoms with van der Waals surface area (Å²) >= 11 is 0. The van der Waals surface area contributed by atoms with Crippen molar-refractivity contribution in [2.24, 2.45) is 5.92 Å². The van der Waals surface area contributed by atoms with E-state index in [-0.39, 0.29) is 11.8 Å². The van der Waals surface area contributed by atoms with Gasteiger partial charge in [0, 0.05) is 31.9 Å². The molecule has 1 heterocycles. The van der Waals surface area contributed by atoms with Gasteiger partial charge in [0.15, 0.2) is 0 Å². The molecule has 1 aliphatic heterocycles. The highest BCUT2D eigenvalue weighted by Gasteiger charge is 2.23. The Bertz CT molecular complexity index is 599. The molecule has 2 aliphatic rings. The second-order valence-corrected chi connectivity index (χ2v) is 7.07. The van der Waals surface area contributed by atoms with Crippen molar-refractivity contribution in [3.05, 3.63) is 41.7 Å². The smallest absolute Gasteiger partial charge is 0.314 e. The molecule has 1 aromatic carbocycles. The van der Waals surface area contributed by atoms with Crippen molar-refractivity contribution in [2.75, 3.05) is 31.1 Å². The van der Waals surface area contributed by atoms with Gasteiger partial charge in [-0.2, -0.15) is 0 Å². The number of amides is 2. The summed E-state index contributed by atoms with van der Waals surface area (Å²) in [6, 6.07) is 6.55. The van der Waals surface area contributed by atoms with E-state index < -0.39 is 0 Å². The van der Waals surface area contributed by atoms with Crippen molar-refractivity contribution < 1.29 is 9.18 Å². The summed E-state index contributed by atoms with van der Waals surface area (Å²) in [5.74, 6) is 0.235. The number of nitrogens with one attached hydrogen (secondary N) is 2. The Kier molecular flexibility index (Phi) is 6.31. The van der Waals surface area contributed by atoms with Crippen molar-refractivity contribution in [3.63, 3.8) is 0 Å². The van der Waals surface area contributed by atoms with Crippen LogP contribution in [0.25, 0.3) is 0 Å². The Morgan fingerprint density at radius 3 is 2.80 bits per heavy atom. The SMILES string of the molecule is O=C(NCCC1=CCCCC1)NCC1CCN(c2ccc(F)cc2)C1. The van der Waals surface area contributed by atoms with Gasteiger partial charge >= 0.3 is 6.03 Å². The molecule has 5 heteroatoms. The summed E-state index contributed by atoms with van der Waals surface area (Å²) in [4.78, 5) is 14.2. The molecule has 25 heavy (non-hydrogen) atoms. The molecule has 1 saturated heterocycles. The number of allylic oxidation sites excluding steroid dienone is 1. The molecule has 3 rings (SSSR count). The van der Waals surface area contributed by atoms with Crippen LogP contribution in [0, 0.1) is 11.7 Å². The third-order valence-corrected chi connectivity index (χ3v) is 5.15. The van der Waals surface area contributed by atoms with Gasteiger partial charge < -0.3 is 15.5 Å². The lowest BCUT2D eigenvalue weighted by atomic mass is 9.97. The number of hydrogen-bond acceptors (Lipinski definition) is 2. The third kappa shape index (κ3) is 5.48. The fourth-order valence-corrected chi connectivity index (χ4v) is 3.65. The van der Waals surface area contributed by atoms with Crippen LogP contribution in [0.2, 0.25) is 0 Å². The van der Waals surface area contributed by atoms with Gasteiger partial charge in [0.25, 0.3) is 0 Å². The number of hydrogen-bond donors (Lipinski definition) is 2. The molecule has 4 nitrogen and oxygen atoms in total. The van der Waals surface area contributed by atoms with Crippen molar-refractivity contribution in [3.8, 4) is 0 Å². The maximum Gasteiger partial charge on any atom is 0.314 e. The van der Waals surface area contributed by atoms with Gasteiger partial charge in [-0.1, -0.05) is 11.6 Å². The van der Waals surface area contributed by atoms with E-state index in [1.165, 1.54) is 43.4 Å². The monoisotopic (exact) mass is 345 g/mol. The lowest BCUT2D eigenvalue weighted by Gasteiger charge is -2.19. The molecule has 0 aromatic heterocycles. The van der Waals surface area contributed by atoms with Gasteiger partial charge in [-0.25, -0.2) is 9.18 Å². The second-order valence-electron chi connectivity index (χ2n) is 7.07. The maximum absolute atomic E-state index is 13.0. The summed E-state index contributed by atoms with van der Waals surface area (Å²) in [5, 5.41) is 5.94. The van der Waals surface area contributed by atoms with E-state index in [1.54, 1.807) is 0 Å². The normalized spacial score (nSPS) is 20.3. The van der Waals surface area contributed by atoms with E-state index in [4.69, 9.17) is 0 Å². The minimum atomic E-state index is -0.207. The second kappa shape index (κ2) is 8.88. The lowest BCUT2D eigenvalue weighted by molar-refractivity contribution is 0.239. The molecule has 1 unspecified atom stereocenters. The fraction of sp³-hybridized carbons (Fsp3) is 0.550. The standard InChI is InChI=1S/C20H28FN3O/c21-18-6-8-19(9-7-18)24-13-11-17(15-24)14-23-20(25)22-12-10-16-4-2-1-3-5-16/h4,6-9,17H,1-3,5,10-15H2,(H2,22,23,25). The number of halogens is 1. The molecule has 2 amide bonds. The van der Waals surface area contributed by atoms with Gasteiger partial charge in [0.2, 0.25) is 0 Å². The molecule has 1 aliphatic carbocycles. The van der Waals surface area contributed by atoms with Gasteiger partial charge in [-0.05, 0) is 68.7 Å². The highest BCUT2D eigenvalue weighted by molar-refractivity contribution is 5.73. The number of carbonyl (C=O) groups excluding carboxylic acids is 1. The van der Waals surface area contributed by atoms with Crippen LogP contribution in [0.4, 0.5) is 14.9 Å². The fourth-order valence-electron chi connectivity index (χ4n) is 3.65. The van der Waals surface area contributed by atoms with Gasteiger partial charge in [-0.15, -0.1) is 0 Å². The molecule has 0 radical (unpaired) electrons. The molecule has 0 bridgehead atoms. The molecule has 136 valence electrons. The average Bonchev–Trinajstić information content (AvgIpc) is 3.10. The zero-order valence-electron chi connectivity index (χ0n) is 14.8. The largest absolute Gasteiger partial charge is 0.371 e. The number of anilines is 1. The van der Waals surface area contributed by atoms with E-state index in [1.807, 2.05) is 12.1 Å². The maximum atomic E-state index is 13.0. The Morgan fingerprint density at radius 2 is 2.04 bits per heavy atom. The van der Waals surface area contributed by atoms with Crippen molar-refractivity contribution in [2.45, 2.75) is 38.5 Å². The summed E-state index contributed by atoms with van der Waals surface area (Å²) in [6.45, 7) is 3.25. The first-order valence-electron chi connectivity index (χ1n) is 9.41. The molecular formula is C20H28FN3O. The highest BCUT2D eigenvalue weighted by Crippen LogP contribution is 2.23. The Balaban J connectivity index is 1.32. The van der Waals surface area contributed by atoms with Crippen molar-refractivity contribution >= 4 is 11.7 Å². The van der Waals surface area contributed by atoms with Crippen molar-refractivity contribution in [1.82, 2.24) is 10.6 Å². The molecule has 0 saturated carbocycles. The quantitative estimate of drug-likeness (QED) is 0.770. The Labute approximate surface area is 149 Å². The van der Waals surface area contributed by atoms with Gasteiger partial charge in [0.1, 0.15) is 5.82 Å². The van der Waals surface area contributed by atoms with Crippen LogP contribution in [-0.2, 0) is 0 Å². The van der Waals surface area contributed by atoms with Crippen molar-refractivity contribution in [1.29, 1.82) is 0 Å². The number of nitrogens with zero attached hydrogens (tertiary/aromatic N) is 1. The first-order valence-corrected chi connectivity index (χ1v) is 9.41. The van der Waals surface area contributed by atoms with Crippen LogP contribution in [0.5, 0.6) is 0 Å². The van der Waals surface area contributed by atoms with Crippen LogP contribution in [-0.4, -0.2) is 32.2 Å². The predicted molar refractivity (Wildman–Crippen MR) is 99.3 cm³/mol. The number of rotatable bonds is 6. The topological polar surface area (TPSA) is 44.4 Å². The minimum absolute atomic E-state index is 0.0726. The summed E-state index contributed by atoms with van der Waals surface area (Å²) < 4.78 is 13.0. The van der Waals surface area contributed by atoms with E-state index >= 15 is 0 Å². The molecule has 0 spiro atoms. The first-order chi connectivity index (χ1) is 12.2. The van der Waals surface area contributed by atoms with Crippen LogP contribution in [0.1, 0.15) is 38.5 Å². The van der Waals surface area contributed by atoms with Gasteiger partial charge in [-0.3, -0.25) is 0 Å². The van der Waals surface area contributed by atoms with E-state index in [0.29, 0.717) is 19.0 Å². The average molecular weight is 345 g/mol. The Hall–Kier alpha value is -2.04. The molecular weight excluding hydrogens is 317 g/mol. The number of urea groups is 1. The Morgan fingerprint density at radius 1 is 1.20 bits per heavy atom. The number of benzene rings is 1. The number of carbonyl (C=O) groups is 1. The lowest BCUT2D eigenvalue weighted by Crippen LogP contribution is -2.39. The first kappa shape index (κ1) is 17.8. The van der Waals surface area contributed by atoms with Gasteiger partial charge in [0.05, 0.1) is 0 Å². The van der Waals surface area contributed by atoms with Crippen LogP contribution in [0.3, 0.4) is 0 Å². The summed E-state index contributed by atoms with van der Waals surface area (Å²) in [6.07, 6.45) is 9.29. The zero-order valence-corrected chi connectivity index (χ0v) is 14.8. The van der Waals surface area contributed by atoms with E-state index in [2.05, 4.69) is 21.6 Å². The van der Waals surface area contributed by atoms with E-state index in [9.17, 15) is 9.18 Å². The predicted octanol–water partition coefficient (Wildman–Crippen LogP) is 3.84. The molecule has 1 fully saturated rings. The third-order valence-electron chi connectivity index (χ3n) is 5.15. The van der Waals surface area contributed by atoms with Crippen LogP contribution < -0.4 is 15.5 Å². The van der Waals surface area contributed by atoms with Crippen LogP contribution >= 0.6 is 0 Å². The highest BCUT2D eigenvalue weighted by atomic mass is 19.1. The molecule has 1 aromatic rings. The molecule has 1 atom stereocenters. The van der Waals surface area contributed by atoms with Crippen LogP contribution in [0.15, 0.2) is 35.9 Å². The minimum Gasteiger partial charge on any atom is -0.371 e.